The summed E-state index contributed by atoms with van der Waals surface area (Å²) < 4.78 is 16.6. The lowest BCUT2D eigenvalue weighted by atomic mass is 10.0. The zero-order chi connectivity index (χ0) is 49.3. The number of ether oxygens (including phenoxy) is 3. The fourth-order valence-corrected chi connectivity index (χ4v) is 8.46. The first-order valence-corrected chi connectivity index (χ1v) is 29.3. The number of carbonyl (C=O) groups is 3. The van der Waals surface area contributed by atoms with E-state index in [1.165, 1.54) is 186 Å². The van der Waals surface area contributed by atoms with E-state index in [9.17, 15) is 14.4 Å². The van der Waals surface area contributed by atoms with Crippen LogP contribution in [0.2, 0.25) is 0 Å². The standard InChI is InChI=1S/C62H110O6/c1-4-7-10-13-16-18-20-22-24-25-26-27-28-29-30-31-32-33-34-35-36-37-39-40-42-44-46-49-52-55-61(64)67-58-59(57-66-60(63)54-51-48-15-12-9-6-3)68-62(65)56-53-50-47-45-43-41-38-23-21-19-17-14-11-8-5-2/h8,11,17,19,23,38,43,45,50,53,59H,4-7,9-10,12-16,18,20-22,24-37,39-42,44,46-49,51-52,54-58H2,1-3H3/b11-8-,19-17-,38-23-,45-43-,53-50-. The van der Waals surface area contributed by atoms with Gasteiger partial charge in [0, 0.05) is 12.8 Å². The van der Waals surface area contributed by atoms with Crippen LogP contribution in [0.25, 0.3) is 0 Å². The average molecular weight is 952 g/mol. The van der Waals surface area contributed by atoms with Gasteiger partial charge in [-0.1, -0.05) is 293 Å². The van der Waals surface area contributed by atoms with E-state index in [2.05, 4.69) is 69.4 Å². The van der Waals surface area contributed by atoms with Crippen LogP contribution in [0.1, 0.15) is 297 Å². The molecule has 1 unspecified atom stereocenters. The van der Waals surface area contributed by atoms with Crippen molar-refractivity contribution >= 4 is 17.9 Å². The van der Waals surface area contributed by atoms with Crippen molar-refractivity contribution in [3.8, 4) is 0 Å². The molecular weight excluding hydrogens is 841 g/mol. The highest BCUT2D eigenvalue weighted by Gasteiger charge is 2.19. The number of hydrogen-bond acceptors (Lipinski definition) is 6. The van der Waals surface area contributed by atoms with E-state index in [-0.39, 0.29) is 31.6 Å². The van der Waals surface area contributed by atoms with E-state index >= 15 is 0 Å². The molecule has 1 atom stereocenters. The maximum atomic E-state index is 12.7. The molecule has 0 aliphatic heterocycles. The molecule has 0 fully saturated rings. The number of carbonyl (C=O) groups excluding carboxylic acids is 3. The van der Waals surface area contributed by atoms with Crippen LogP contribution in [-0.4, -0.2) is 37.2 Å². The summed E-state index contributed by atoms with van der Waals surface area (Å²) in [4.78, 5) is 37.7. The summed E-state index contributed by atoms with van der Waals surface area (Å²) in [5.41, 5.74) is 0. The number of rotatable bonds is 53. The summed E-state index contributed by atoms with van der Waals surface area (Å²) in [6, 6.07) is 0. The molecule has 0 aromatic carbocycles. The third kappa shape index (κ3) is 54.1. The molecule has 0 N–H and O–H groups in total. The van der Waals surface area contributed by atoms with Crippen LogP contribution in [0.5, 0.6) is 0 Å². The summed E-state index contributed by atoms with van der Waals surface area (Å²) >= 11 is 0. The highest BCUT2D eigenvalue weighted by Crippen LogP contribution is 2.17. The van der Waals surface area contributed by atoms with Crippen molar-refractivity contribution in [2.45, 2.75) is 303 Å². The summed E-state index contributed by atoms with van der Waals surface area (Å²) in [7, 11) is 0. The molecule has 394 valence electrons. The van der Waals surface area contributed by atoms with E-state index in [1.54, 1.807) is 6.08 Å². The van der Waals surface area contributed by atoms with Gasteiger partial charge < -0.3 is 14.2 Å². The smallest absolute Gasteiger partial charge is 0.310 e. The van der Waals surface area contributed by atoms with Gasteiger partial charge in [0.1, 0.15) is 13.2 Å². The number of allylic oxidation sites excluding steroid dienone is 9. The van der Waals surface area contributed by atoms with Gasteiger partial charge in [0.05, 0.1) is 6.42 Å². The van der Waals surface area contributed by atoms with Gasteiger partial charge in [-0.15, -0.1) is 0 Å². The lowest BCUT2D eigenvalue weighted by molar-refractivity contribution is -0.166. The maximum Gasteiger partial charge on any atom is 0.310 e. The van der Waals surface area contributed by atoms with Gasteiger partial charge in [-0.3, -0.25) is 14.4 Å². The maximum absolute atomic E-state index is 12.7. The summed E-state index contributed by atoms with van der Waals surface area (Å²) in [6.07, 6.45) is 71.6. The third-order valence-electron chi connectivity index (χ3n) is 12.8. The Hall–Kier alpha value is -2.89. The molecule has 0 radical (unpaired) electrons. The molecule has 0 aromatic heterocycles. The molecule has 0 amide bonds. The van der Waals surface area contributed by atoms with Gasteiger partial charge in [0.2, 0.25) is 0 Å². The number of unbranched alkanes of at least 4 members (excludes halogenated alkanes) is 33. The zero-order valence-electron chi connectivity index (χ0n) is 45.1. The van der Waals surface area contributed by atoms with Crippen LogP contribution in [-0.2, 0) is 28.6 Å². The van der Waals surface area contributed by atoms with Gasteiger partial charge >= 0.3 is 17.9 Å². The van der Waals surface area contributed by atoms with E-state index in [1.807, 2.05) is 6.08 Å². The minimum Gasteiger partial charge on any atom is -0.462 e. The molecule has 6 heteroatoms. The molecular formula is C62H110O6. The van der Waals surface area contributed by atoms with Crippen LogP contribution < -0.4 is 0 Å². The number of hydrogen-bond donors (Lipinski definition) is 0. The van der Waals surface area contributed by atoms with Gasteiger partial charge in [-0.2, -0.15) is 0 Å². The molecule has 0 bridgehead atoms. The second-order valence-electron chi connectivity index (χ2n) is 19.6. The quantitative estimate of drug-likeness (QED) is 0.0262. The fourth-order valence-electron chi connectivity index (χ4n) is 8.46. The van der Waals surface area contributed by atoms with Crippen molar-refractivity contribution in [2.75, 3.05) is 13.2 Å². The van der Waals surface area contributed by atoms with Crippen molar-refractivity contribution in [3.05, 3.63) is 60.8 Å². The zero-order valence-corrected chi connectivity index (χ0v) is 45.1. The van der Waals surface area contributed by atoms with E-state index in [0.29, 0.717) is 12.8 Å². The summed E-state index contributed by atoms with van der Waals surface area (Å²) in [6.45, 7) is 6.40. The first-order valence-electron chi connectivity index (χ1n) is 29.3. The van der Waals surface area contributed by atoms with E-state index < -0.39 is 12.1 Å². The topological polar surface area (TPSA) is 78.9 Å². The van der Waals surface area contributed by atoms with Crippen LogP contribution in [0.4, 0.5) is 0 Å². The van der Waals surface area contributed by atoms with Crippen molar-refractivity contribution in [1.29, 1.82) is 0 Å². The Labute approximate surface area is 421 Å². The van der Waals surface area contributed by atoms with Crippen molar-refractivity contribution < 1.29 is 28.6 Å². The van der Waals surface area contributed by atoms with Crippen LogP contribution >= 0.6 is 0 Å². The van der Waals surface area contributed by atoms with Gasteiger partial charge in [0.15, 0.2) is 6.10 Å². The molecule has 0 aromatic rings. The van der Waals surface area contributed by atoms with Crippen molar-refractivity contribution in [3.63, 3.8) is 0 Å². The second-order valence-corrected chi connectivity index (χ2v) is 19.6. The Morgan fingerprint density at radius 3 is 0.838 bits per heavy atom. The Kier molecular flexibility index (Phi) is 54.3. The Morgan fingerprint density at radius 1 is 0.309 bits per heavy atom. The van der Waals surface area contributed by atoms with Gasteiger partial charge in [-0.05, 0) is 44.9 Å². The minimum absolute atomic E-state index is 0.101. The Balaban J connectivity index is 4.05. The normalized spacial score (nSPS) is 12.5. The minimum atomic E-state index is -0.823. The average Bonchev–Trinajstić information content (AvgIpc) is 3.34. The van der Waals surface area contributed by atoms with E-state index in [0.717, 1.165) is 70.6 Å². The molecule has 0 aliphatic carbocycles. The largest absolute Gasteiger partial charge is 0.462 e. The molecule has 0 spiro atoms. The Morgan fingerprint density at radius 2 is 0.559 bits per heavy atom. The van der Waals surface area contributed by atoms with Crippen LogP contribution in [0.15, 0.2) is 60.8 Å². The highest BCUT2D eigenvalue weighted by molar-refractivity contribution is 5.72. The molecule has 0 saturated heterocycles. The third-order valence-corrected chi connectivity index (χ3v) is 12.8. The predicted octanol–water partition coefficient (Wildman–Crippen LogP) is 19.6. The fraction of sp³-hybridized carbons (Fsp3) is 0.790. The lowest BCUT2D eigenvalue weighted by Gasteiger charge is -2.18. The van der Waals surface area contributed by atoms with Crippen LogP contribution in [0.3, 0.4) is 0 Å². The van der Waals surface area contributed by atoms with Crippen molar-refractivity contribution in [2.24, 2.45) is 0 Å². The molecule has 0 aliphatic rings. The van der Waals surface area contributed by atoms with E-state index in [4.69, 9.17) is 14.2 Å². The second kappa shape index (κ2) is 56.7. The lowest BCUT2D eigenvalue weighted by Crippen LogP contribution is -2.30. The first-order chi connectivity index (χ1) is 33.5. The first kappa shape index (κ1) is 65.1. The summed E-state index contributed by atoms with van der Waals surface area (Å²) in [5.74, 6) is -1.04. The molecule has 68 heavy (non-hydrogen) atoms. The molecule has 6 nitrogen and oxygen atoms in total. The molecule has 0 saturated carbocycles. The predicted molar refractivity (Wildman–Crippen MR) is 293 cm³/mol. The summed E-state index contributed by atoms with van der Waals surface area (Å²) in [5, 5.41) is 0. The molecule has 0 rings (SSSR count). The van der Waals surface area contributed by atoms with Gasteiger partial charge in [-0.25, -0.2) is 0 Å². The monoisotopic (exact) mass is 951 g/mol. The van der Waals surface area contributed by atoms with Crippen LogP contribution in [0, 0.1) is 0 Å². The molecule has 0 heterocycles. The highest BCUT2D eigenvalue weighted by atomic mass is 16.6. The van der Waals surface area contributed by atoms with Gasteiger partial charge in [0.25, 0.3) is 0 Å². The van der Waals surface area contributed by atoms with Crippen molar-refractivity contribution in [1.82, 2.24) is 0 Å². The SMILES string of the molecule is CC/C=C\C/C=C\C/C=C\C/C=C\C/C=C\CC(=O)OC(COC(=O)CCCCCCCC)COC(=O)CCCCCCCCCCCCCCCCCCCCCCCCCCCCCCC. The number of esters is 3. The Bertz CT molecular complexity index is 1230.